The van der Waals surface area contributed by atoms with E-state index >= 15 is 0 Å². The van der Waals surface area contributed by atoms with Gasteiger partial charge in [0.25, 0.3) is 0 Å². The summed E-state index contributed by atoms with van der Waals surface area (Å²) in [6.45, 7) is 3.42. The van der Waals surface area contributed by atoms with Gasteiger partial charge in [0, 0.05) is 19.5 Å². The van der Waals surface area contributed by atoms with Gasteiger partial charge in [-0.15, -0.1) is 0 Å². The Hall–Kier alpha value is -2.58. The van der Waals surface area contributed by atoms with Gasteiger partial charge in [-0.1, -0.05) is 19.1 Å². The third-order valence-corrected chi connectivity index (χ3v) is 5.74. The number of alkyl halides is 3. The summed E-state index contributed by atoms with van der Waals surface area (Å²) in [6.07, 6.45) is -1.59. The van der Waals surface area contributed by atoms with Gasteiger partial charge >= 0.3 is 11.9 Å². The lowest BCUT2D eigenvalue weighted by molar-refractivity contribution is -0.137. The molecule has 2 aliphatic heterocycles. The van der Waals surface area contributed by atoms with E-state index in [4.69, 9.17) is 0 Å². The third kappa shape index (κ3) is 3.82. The van der Waals surface area contributed by atoms with Crippen molar-refractivity contribution in [1.82, 2.24) is 19.2 Å². The van der Waals surface area contributed by atoms with E-state index in [0.29, 0.717) is 43.2 Å². The van der Waals surface area contributed by atoms with Gasteiger partial charge in [-0.2, -0.15) is 18.3 Å². The van der Waals surface area contributed by atoms with E-state index in [2.05, 4.69) is 12.0 Å². The van der Waals surface area contributed by atoms with Crippen LogP contribution in [-0.2, 0) is 23.9 Å². The Kier molecular flexibility index (Phi) is 5.00. The molecule has 3 heterocycles. The average Bonchev–Trinajstić information content (AvgIpc) is 3.24. The highest BCUT2D eigenvalue weighted by Crippen LogP contribution is 2.30. The summed E-state index contributed by atoms with van der Waals surface area (Å²) in [7, 11) is 0. The highest BCUT2D eigenvalue weighted by molar-refractivity contribution is 5.81. The van der Waals surface area contributed by atoms with Crippen LogP contribution < -0.4 is 5.69 Å². The number of rotatable bonds is 3. The SMILES string of the molecule is C[C@H]1CCN(C(=O)[C@@H]2CCCc3nn(Cc4cccc(C(F)(F)F)c4)c(=O)n32)C1. The van der Waals surface area contributed by atoms with Crippen molar-refractivity contribution in [2.75, 3.05) is 13.1 Å². The van der Waals surface area contributed by atoms with Gasteiger partial charge in [0.05, 0.1) is 12.1 Å². The molecule has 29 heavy (non-hydrogen) atoms. The Bertz CT molecular complexity index is 979. The third-order valence-electron chi connectivity index (χ3n) is 5.74. The standard InChI is InChI=1S/C20H23F3N4O2/c1-13-8-9-25(11-13)18(28)16-6-3-7-17-24-26(19(29)27(16)17)12-14-4-2-5-15(10-14)20(21,22)23/h2,4-5,10,13,16H,3,6-9,11-12H2,1H3/t13-,16-/m0/s1. The summed E-state index contributed by atoms with van der Waals surface area (Å²) in [5, 5.41) is 4.33. The Morgan fingerprint density at radius 1 is 1.28 bits per heavy atom. The van der Waals surface area contributed by atoms with Crippen LogP contribution in [0, 0.1) is 5.92 Å². The van der Waals surface area contributed by atoms with Crippen LogP contribution in [0.3, 0.4) is 0 Å². The predicted octanol–water partition coefficient (Wildman–Crippen LogP) is 2.86. The molecule has 0 unspecified atom stereocenters. The van der Waals surface area contributed by atoms with E-state index in [0.717, 1.165) is 25.0 Å². The molecule has 156 valence electrons. The van der Waals surface area contributed by atoms with E-state index in [-0.39, 0.29) is 12.5 Å². The fourth-order valence-corrected chi connectivity index (χ4v) is 4.23. The molecule has 1 fully saturated rings. The summed E-state index contributed by atoms with van der Waals surface area (Å²) in [5.41, 5.74) is -0.862. The number of carbonyl (C=O) groups excluding carboxylic acids is 1. The molecule has 0 saturated carbocycles. The Labute approximate surface area is 165 Å². The molecule has 1 amide bonds. The molecule has 0 bridgehead atoms. The summed E-state index contributed by atoms with van der Waals surface area (Å²) in [6, 6.07) is 4.30. The Balaban J connectivity index is 1.62. The zero-order valence-electron chi connectivity index (χ0n) is 16.2. The van der Waals surface area contributed by atoms with Gasteiger partial charge < -0.3 is 4.90 Å². The molecule has 2 aliphatic rings. The normalized spacial score (nSPS) is 22.0. The molecule has 4 rings (SSSR count). The maximum atomic E-state index is 13.0. The number of aryl methyl sites for hydroxylation is 1. The van der Waals surface area contributed by atoms with Gasteiger partial charge in [-0.05, 0) is 42.9 Å². The first-order valence-corrected chi connectivity index (χ1v) is 9.87. The molecule has 0 radical (unpaired) electrons. The summed E-state index contributed by atoms with van der Waals surface area (Å²) < 4.78 is 41.5. The van der Waals surface area contributed by atoms with Crippen molar-refractivity contribution in [3.8, 4) is 0 Å². The van der Waals surface area contributed by atoms with E-state index in [1.807, 2.05) is 0 Å². The van der Waals surface area contributed by atoms with Crippen LogP contribution >= 0.6 is 0 Å². The maximum absolute atomic E-state index is 13.0. The van der Waals surface area contributed by atoms with E-state index in [1.54, 1.807) is 4.90 Å². The lowest BCUT2D eigenvalue weighted by Gasteiger charge is -2.27. The Morgan fingerprint density at radius 3 is 2.76 bits per heavy atom. The number of benzene rings is 1. The van der Waals surface area contributed by atoms with E-state index in [1.165, 1.54) is 21.4 Å². The first-order chi connectivity index (χ1) is 13.7. The lowest BCUT2D eigenvalue weighted by Crippen LogP contribution is -2.41. The zero-order valence-corrected chi connectivity index (χ0v) is 16.2. The van der Waals surface area contributed by atoms with Crippen LogP contribution in [0.25, 0.3) is 0 Å². The zero-order chi connectivity index (χ0) is 20.8. The molecule has 2 atom stereocenters. The van der Waals surface area contributed by atoms with Crippen molar-refractivity contribution < 1.29 is 18.0 Å². The van der Waals surface area contributed by atoms with Crippen molar-refractivity contribution in [2.24, 2.45) is 5.92 Å². The van der Waals surface area contributed by atoms with Crippen molar-refractivity contribution in [3.05, 3.63) is 51.7 Å². The number of likely N-dealkylation sites (tertiary alicyclic amines) is 1. The Morgan fingerprint density at radius 2 is 2.07 bits per heavy atom. The molecule has 1 aromatic carbocycles. The van der Waals surface area contributed by atoms with Crippen LogP contribution in [0.1, 0.15) is 49.2 Å². The molecule has 1 aromatic heterocycles. The average molecular weight is 408 g/mol. The maximum Gasteiger partial charge on any atom is 0.416 e. The highest BCUT2D eigenvalue weighted by atomic mass is 19.4. The molecule has 0 N–H and O–H groups in total. The fourth-order valence-electron chi connectivity index (χ4n) is 4.23. The van der Waals surface area contributed by atoms with Crippen LogP contribution in [0.15, 0.2) is 29.1 Å². The van der Waals surface area contributed by atoms with E-state index in [9.17, 15) is 22.8 Å². The first-order valence-electron chi connectivity index (χ1n) is 9.87. The second-order valence-corrected chi connectivity index (χ2v) is 8.01. The number of hydrogen-bond donors (Lipinski definition) is 0. The monoisotopic (exact) mass is 408 g/mol. The molecular formula is C20H23F3N4O2. The van der Waals surface area contributed by atoms with Crippen molar-refractivity contribution in [3.63, 3.8) is 0 Å². The summed E-state index contributed by atoms with van der Waals surface area (Å²) in [4.78, 5) is 27.8. The number of fused-ring (bicyclic) bond motifs is 1. The summed E-state index contributed by atoms with van der Waals surface area (Å²) in [5.74, 6) is 0.914. The minimum atomic E-state index is -4.45. The van der Waals surface area contributed by atoms with Gasteiger partial charge in [0.2, 0.25) is 5.91 Å². The smallest absolute Gasteiger partial charge is 0.341 e. The number of carbonyl (C=O) groups is 1. The molecule has 1 saturated heterocycles. The van der Waals surface area contributed by atoms with Gasteiger partial charge in [0.1, 0.15) is 11.9 Å². The van der Waals surface area contributed by atoms with Gasteiger partial charge in [-0.25, -0.2) is 9.48 Å². The van der Waals surface area contributed by atoms with Crippen LogP contribution in [0.2, 0.25) is 0 Å². The molecule has 6 nitrogen and oxygen atoms in total. The minimum absolute atomic E-state index is 0.0592. The van der Waals surface area contributed by atoms with Crippen LogP contribution in [0.4, 0.5) is 13.2 Å². The van der Waals surface area contributed by atoms with Gasteiger partial charge in [-0.3, -0.25) is 9.36 Å². The highest BCUT2D eigenvalue weighted by Gasteiger charge is 2.35. The van der Waals surface area contributed by atoms with Crippen molar-refractivity contribution in [2.45, 2.75) is 51.4 Å². The minimum Gasteiger partial charge on any atom is -0.341 e. The van der Waals surface area contributed by atoms with Gasteiger partial charge in [0.15, 0.2) is 0 Å². The number of nitrogens with zero attached hydrogens (tertiary/aromatic N) is 4. The largest absolute Gasteiger partial charge is 0.416 e. The molecule has 0 spiro atoms. The summed E-state index contributed by atoms with van der Waals surface area (Å²) >= 11 is 0. The lowest BCUT2D eigenvalue weighted by atomic mass is 10.0. The predicted molar refractivity (Wildman–Crippen MR) is 99.4 cm³/mol. The van der Waals surface area contributed by atoms with E-state index < -0.39 is 23.5 Å². The molecule has 9 heteroatoms. The number of amides is 1. The molecular weight excluding hydrogens is 385 g/mol. The number of hydrogen-bond acceptors (Lipinski definition) is 3. The fraction of sp³-hybridized carbons (Fsp3) is 0.550. The van der Waals surface area contributed by atoms with Crippen LogP contribution in [0.5, 0.6) is 0 Å². The first kappa shape index (κ1) is 19.7. The van der Waals surface area contributed by atoms with Crippen molar-refractivity contribution >= 4 is 5.91 Å². The second kappa shape index (κ2) is 7.35. The molecule has 2 aromatic rings. The quantitative estimate of drug-likeness (QED) is 0.785. The number of aromatic nitrogens is 3. The molecule has 0 aliphatic carbocycles. The van der Waals surface area contributed by atoms with Crippen molar-refractivity contribution in [1.29, 1.82) is 0 Å². The van der Waals surface area contributed by atoms with Crippen LogP contribution in [-0.4, -0.2) is 38.2 Å². The topological polar surface area (TPSA) is 60.1 Å². The second-order valence-electron chi connectivity index (χ2n) is 8.01. The number of halogens is 3.